The fourth-order valence-electron chi connectivity index (χ4n) is 11.5. The number of nitrogens with one attached hydrogen (secondary N) is 1. The second kappa shape index (κ2) is 22.1. The molecule has 16 heteroatoms. The lowest BCUT2D eigenvalue weighted by atomic mass is 9.68. The molecule has 1 N–H and O–H groups in total. The molecule has 0 saturated carbocycles. The van der Waals surface area contributed by atoms with Gasteiger partial charge in [0.05, 0.1) is 17.6 Å². The third-order valence-corrected chi connectivity index (χ3v) is 15.4. The van der Waals surface area contributed by atoms with Gasteiger partial charge in [0, 0.05) is 44.3 Å². The molecule has 11 nitrogen and oxygen atoms in total. The molecule has 4 heterocycles. The zero-order chi connectivity index (χ0) is 53.9. The summed E-state index contributed by atoms with van der Waals surface area (Å²) in [5, 5.41) is 7.70. The molecule has 3 aliphatic rings. The molecule has 10 rings (SSSR count). The van der Waals surface area contributed by atoms with E-state index in [1.54, 1.807) is 35.2 Å². The number of rotatable bonds is 16. The SMILES string of the molecule is CC(C)COc1ccc(-c2noc(C(C(C(=O)NC3CCN(Cc4cccc(C(F)(F)F)c4)CC3)N3CCC(c4ccc(F)cc4)(c4ccc(F)cc4)C3=O)N3CCCC(c4ccccc4)(c4ccccc4)C3=O)n2)cc1. The van der Waals surface area contributed by atoms with Gasteiger partial charge in [-0.1, -0.05) is 122 Å². The lowest BCUT2D eigenvalue weighted by Crippen LogP contribution is -2.62. The van der Waals surface area contributed by atoms with Crippen molar-refractivity contribution in [2.24, 2.45) is 5.92 Å². The first-order chi connectivity index (χ1) is 37.1. The van der Waals surface area contributed by atoms with E-state index in [4.69, 9.17) is 14.2 Å². The number of piperidine rings is 2. The van der Waals surface area contributed by atoms with Gasteiger partial charge in [0.15, 0.2) is 0 Å². The van der Waals surface area contributed by atoms with E-state index in [9.17, 15) is 22.0 Å². The van der Waals surface area contributed by atoms with E-state index in [0.717, 1.165) is 23.3 Å². The Morgan fingerprint density at radius 2 is 1.27 bits per heavy atom. The van der Waals surface area contributed by atoms with Crippen molar-refractivity contribution in [2.75, 3.05) is 32.8 Å². The summed E-state index contributed by atoms with van der Waals surface area (Å²) >= 11 is 0. The minimum absolute atomic E-state index is 0.0407. The van der Waals surface area contributed by atoms with Crippen molar-refractivity contribution in [3.8, 4) is 17.1 Å². The van der Waals surface area contributed by atoms with Gasteiger partial charge in [-0.15, -0.1) is 0 Å². The lowest BCUT2D eigenvalue weighted by molar-refractivity contribution is -0.151. The molecule has 7 aromatic rings. The third kappa shape index (κ3) is 10.7. The predicted octanol–water partition coefficient (Wildman–Crippen LogP) is 11.1. The Kier molecular flexibility index (Phi) is 15.1. The fraction of sp³-hybridized carbons (Fsp3) is 0.328. The van der Waals surface area contributed by atoms with E-state index in [0.29, 0.717) is 79.3 Å². The maximum atomic E-state index is 16.2. The molecule has 398 valence electrons. The molecule has 1 aromatic heterocycles. The molecular weight excluding hydrogens is 992 g/mol. The number of carbonyl (C=O) groups is 3. The van der Waals surface area contributed by atoms with Gasteiger partial charge in [0.2, 0.25) is 23.5 Å². The largest absolute Gasteiger partial charge is 0.493 e. The van der Waals surface area contributed by atoms with Crippen LogP contribution in [0.5, 0.6) is 5.75 Å². The molecule has 77 heavy (non-hydrogen) atoms. The summed E-state index contributed by atoms with van der Waals surface area (Å²) < 4.78 is 82.6. The average Bonchev–Trinajstić information content (AvgIpc) is 4.08. The highest BCUT2D eigenvalue weighted by Gasteiger charge is 2.58. The Morgan fingerprint density at radius 1 is 0.701 bits per heavy atom. The van der Waals surface area contributed by atoms with Gasteiger partial charge in [0.1, 0.15) is 34.9 Å². The summed E-state index contributed by atoms with van der Waals surface area (Å²) in [6, 6.07) is 39.0. The van der Waals surface area contributed by atoms with Crippen molar-refractivity contribution < 1.29 is 45.6 Å². The van der Waals surface area contributed by atoms with E-state index in [1.165, 1.54) is 59.5 Å². The van der Waals surface area contributed by atoms with Crippen molar-refractivity contribution >= 4 is 17.7 Å². The van der Waals surface area contributed by atoms with E-state index >= 15 is 14.4 Å². The fourth-order valence-corrected chi connectivity index (χ4v) is 11.5. The summed E-state index contributed by atoms with van der Waals surface area (Å²) in [5.74, 6) is -1.58. The zero-order valence-electron chi connectivity index (χ0n) is 42.8. The molecule has 0 spiro atoms. The Bertz CT molecular complexity index is 3080. The Labute approximate surface area is 444 Å². The Morgan fingerprint density at radius 3 is 1.86 bits per heavy atom. The van der Waals surface area contributed by atoms with E-state index in [2.05, 4.69) is 10.5 Å². The number of aromatic nitrogens is 2. The van der Waals surface area contributed by atoms with Gasteiger partial charge in [-0.3, -0.25) is 19.3 Å². The molecule has 0 radical (unpaired) electrons. The molecule has 3 fully saturated rings. The number of halogens is 5. The van der Waals surface area contributed by atoms with Crippen molar-refractivity contribution in [2.45, 2.75) is 87.6 Å². The Balaban J connectivity index is 1.08. The number of benzene rings is 6. The minimum atomic E-state index is -4.49. The second-order valence-corrected chi connectivity index (χ2v) is 20.7. The van der Waals surface area contributed by atoms with Crippen molar-refractivity contribution in [3.63, 3.8) is 0 Å². The highest BCUT2D eigenvalue weighted by molar-refractivity contribution is 5.99. The number of nitrogens with zero attached hydrogens (tertiary/aromatic N) is 5. The van der Waals surface area contributed by atoms with Crippen LogP contribution in [0.3, 0.4) is 0 Å². The maximum Gasteiger partial charge on any atom is 0.416 e. The van der Waals surface area contributed by atoms with Gasteiger partial charge in [-0.2, -0.15) is 18.2 Å². The van der Waals surface area contributed by atoms with Crippen LogP contribution in [0.2, 0.25) is 0 Å². The lowest BCUT2D eigenvalue weighted by Gasteiger charge is -2.47. The zero-order valence-corrected chi connectivity index (χ0v) is 42.8. The smallest absolute Gasteiger partial charge is 0.416 e. The molecular formula is C61H59F5N6O5. The first-order valence-corrected chi connectivity index (χ1v) is 26.1. The Hall–Kier alpha value is -7.72. The number of alkyl halides is 3. The number of hydrogen-bond donors (Lipinski definition) is 1. The maximum absolute atomic E-state index is 16.2. The molecule has 0 bridgehead atoms. The third-order valence-electron chi connectivity index (χ3n) is 15.4. The summed E-state index contributed by atoms with van der Waals surface area (Å²) in [4.78, 5) is 58.3. The van der Waals surface area contributed by atoms with Crippen LogP contribution in [0.15, 0.2) is 162 Å². The quantitative estimate of drug-likeness (QED) is 0.0950. The van der Waals surface area contributed by atoms with Crippen molar-refractivity contribution in [3.05, 3.63) is 209 Å². The normalized spacial score (nSPS) is 17.9. The van der Waals surface area contributed by atoms with Crippen LogP contribution in [0.1, 0.15) is 91.3 Å². The minimum Gasteiger partial charge on any atom is -0.493 e. The van der Waals surface area contributed by atoms with Gasteiger partial charge in [-0.25, -0.2) is 8.78 Å². The summed E-state index contributed by atoms with van der Waals surface area (Å²) in [7, 11) is 0. The molecule has 0 aliphatic carbocycles. The van der Waals surface area contributed by atoms with Gasteiger partial charge < -0.3 is 24.4 Å². The molecule has 2 unspecified atom stereocenters. The molecule has 3 saturated heterocycles. The van der Waals surface area contributed by atoms with Crippen molar-refractivity contribution in [1.29, 1.82) is 0 Å². The summed E-state index contributed by atoms with van der Waals surface area (Å²) in [6.07, 6.45) is -2.69. The monoisotopic (exact) mass is 1050 g/mol. The number of carbonyl (C=O) groups excluding carboxylic acids is 3. The second-order valence-electron chi connectivity index (χ2n) is 20.7. The molecule has 6 aromatic carbocycles. The van der Waals surface area contributed by atoms with Crippen LogP contribution in [0, 0.1) is 17.6 Å². The number of amides is 3. The number of hydrogen-bond acceptors (Lipinski definition) is 8. The van der Waals surface area contributed by atoms with Crippen LogP contribution < -0.4 is 10.1 Å². The van der Waals surface area contributed by atoms with Crippen LogP contribution in [0.25, 0.3) is 11.4 Å². The van der Waals surface area contributed by atoms with Gasteiger partial charge in [0.25, 0.3) is 5.89 Å². The number of ether oxygens (including phenoxy) is 1. The highest BCUT2D eigenvalue weighted by Crippen LogP contribution is 2.48. The topological polar surface area (TPSA) is 121 Å². The van der Waals surface area contributed by atoms with Crippen molar-refractivity contribution in [1.82, 2.24) is 30.2 Å². The first kappa shape index (κ1) is 52.7. The summed E-state index contributed by atoms with van der Waals surface area (Å²) in [5.41, 5.74) is -0.166. The average molecular weight is 1050 g/mol. The van der Waals surface area contributed by atoms with E-state index in [-0.39, 0.29) is 43.7 Å². The highest BCUT2D eigenvalue weighted by atomic mass is 19.4. The van der Waals surface area contributed by atoms with Crippen LogP contribution in [-0.4, -0.2) is 87.4 Å². The molecule has 3 amide bonds. The van der Waals surface area contributed by atoms with Gasteiger partial charge >= 0.3 is 6.18 Å². The van der Waals surface area contributed by atoms with Crippen LogP contribution in [-0.2, 0) is 37.9 Å². The number of likely N-dealkylation sites (tertiary alicyclic amines) is 3. The summed E-state index contributed by atoms with van der Waals surface area (Å²) in [6.45, 7) is 5.83. The van der Waals surface area contributed by atoms with Crippen LogP contribution >= 0.6 is 0 Å². The van der Waals surface area contributed by atoms with E-state index < -0.39 is 64.1 Å². The molecule has 3 aliphatic heterocycles. The predicted molar refractivity (Wildman–Crippen MR) is 279 cm³/mol. The molecule has 2 atom stereocenters. The van der Waals surface area contributed by atoms with Gasteiger partial charge in [-0.05, 0) is 120 Å². The first-order valence-electron chi connectivity index (χ1n) is 26.1. The van der Waals surface area contributed by atoms with E-state index in [1.807, 2.05) is 79.4 Å². The van der Waals surface area contributed by atoms with Crippen LogP contribution in [0.4, 0.5) is 22.0 Å². The standard InChI is InChI=1S/C61H59F5N6O5/c1-40(2)39-76-51-27-17-42(18-28-51)54-68-56(77-69-54)53(71-33-10-31-59(57(71)74,43-12-5-3-6-13-43)44-14-7-4-8-15-44)52(55(73)67-50-29-34-70(35-30-50)38-41-11-9-16-47(37-41)61(64,65)66)72-36-32-60(58(72)75,45-19-23-48(62)24-20-45)46-21-25-49(63)26-22-46/h3-9,11-28,37,40,50,52-53H,10,29-36,38-39H2,1-2H3,(H,67,73).